The Morgan fingerprint density at radius 2 is 2.12 bits per heavy atom. The molecular weight excluding hydrogens is 438 g/mol. The van der Waals surface area contributed by atoms with Crippen LogP contribution in [0.1, 0.15) is 24.3 Å². The van der Waals surface area contributed by atoms with E-state index in [9.17, 15) is 4.39 Å². The second-order valence-corrected chi connectivity index (χ2v) is 5.44. The van der Waals surface area contributed by atoms with Crippen molar-refractivity contribution >= 4 is 29.9 Å². The molecule has 25 heavy (non-hydrogen) atoms. The van der Waals surface area contributed by atoms with Crippen molar-refractivity contribution in [1.29, 1.82) is 0 Å². The molecule has 8 heteroatoms. The lowest BCUT2D eigenvalue weighted by Gasteiger charge is -2.17. The van der Waals surface area contributed by atoms with Crippen LogP contribution in [0.2, 0.25) is 0 Å². The molecule has 0 amide bonds. The Hall–Kier alpha value is -1.84. The van der Waals surface area contributed by atoms with Gasteiger partial charge in [-0.2, -0.15) is 0 Å². The van der Waals surface area contributed by atoms with Crippen molar-refractivity contribution in [2.24, 2.45) is 4.99 Å². The summed E-state index contributed by atoms with van der Waals surface area (Å²) < 4.78 is 24.3. The first-order valence-corrected chi connectivity index (χ1v) is 7.77. The van der Waals surface area contributed by atoms with Gasteiger partial charge in [0, 0.05) is 13.1 Å². The van der Waals surface area contributed by atoms with E-state index in [1.54, 1.807) is 19.2 Å². The average molecular weight is 462 g/mol. The number of hydrogen-bond donors (Lipinski definition) is 2. The molecule has 0 radical (unpaired) electrons. The van der Waals surface area contributed by atoms with E-state index in [1.807, 2.05) is 20.8 Å². The Kier molecular flexibility index (Phi) is 8.67. The molecule has 1 atom stereocenters. The Labute approximate surface area is 164 Å². The fourth-order valence-electron chi connectivity index (χ4n) is 2.05. The highest BCUT2D eigenvalue weighted by molar-refractivity contribution is 14.0. The third-order valence-electron chi connectivity index (χ3n) is 3.39. The van der Waals surface area contributed by atoms with E-state index in [0.717, 1.165) is 11.5 Å². The Balaban J connectivity index is 0.00000312. The minimum Gasteiger partial charge on any atom is -0.489 e. The minimum atomic E-state index is -0.318. The number of ether oxygens (including phenoxy) is 1. The SMILES string of the molecule is CN=C(NCc1nc(C)c(C)o1)NCC(C)Oc1cccc(F)c1.I. The van der Waals surface area contributed by atoms with Gasteiger partial charge in [-0.05, 0) is 32.9 Å². The number of hydrogen-bond acceptors (Lipinski definition) is 4. The highest BCUT2D eigenvalue weighted by Crippen LogP contribution is 2.13. The maximum atomic E-state index is 13.1. The van der Waals surface area contributed by atoms with E-state index in [4.69, 9.17) is 9.15 Å². The molecule has 6 nitrogen and oxygen atoms in total. The first kappa shape index (κ1) is 21.2. The van der Waals surface area contributed by atoms with Crippen molar-refractivity contribution in [3.63, 3.8) is 0 Å². The maximum absolute atomic E-state index is 13.1. The molecular formula is C17H24FIN4O2. The van der Waals surface area contributed by atoms with Gasteiger partial charge in [-0.25, -0.2) is 9.37 Å². The molecule has 2 aromatic rings. The number of aliphatic imine (C=N–C) groups is 1. The predicted octanol–water partition coefficient (Wildman–Crippen LogP) is 3.18. The number of rotatable bonds is 6. The molecule has 0 aliphatic rings. The van der Waals surface area contributed by atoms with E-state index in [0.29, 0.717) is 30.7 Å². The lowest BCUT2D eigenvalue weighted by Crippen LogP contribution is -2.41. The Bertz CT molecular complexity index is 686. The molecule has 0 aliphatic carbocycles. The maximum Gasteiger partial charge on any atom is 0.214 e. The Morgan fingerprint density at radius 3 is 2.72 bits per heavy atom. The van der Waals surface area contributed by atoms with E-state index in [2.05, 4.69) is 20.6 Å². The van der Waals surface area contributed by atoms with Gasteiger partial charge in [0.05, 0.1) is 18.8 Å². The third kappa shape index (κ3) is 6.89. The van der Waals surface area contributed by atoms with Crippen LogP contribution in [-0.2, 0) is 6.54 Å². The number of aromatic nitrogens is 1. The van der Waals surface area contributed by atoms with E-state index < -0.39 is 0 Å². The number of benzene rings is 1. The van der Waals surface area contributed by atoms with Crippen LogP contribution in [0.25, 0.3) is 0 Å². The molecule has 0 saturated carbocycles. The number of nitrogens with zero attached hydrogens (tertiary/aromatic N) is 2. The van der Waals surface area contributed by atoms with Gasteiger partial charge in [0.25, 0.3) is 0 Å². The topological polar surface area (TPSA) is 71.7 Å². The Morgan fingerprint density at radius 1 is 1.36 bits per heavy atom. The van der Waals surface area contributed by atoms with Gasteiger partial charge in [0.2, 0.25) is 5.89 Å². The van der Waals surface area contributed by atoms with Crippen molar-refractivity contribution in [3.05, 3.63) is 47.4 Å². The molecule has 1 aromatic carbocycles. The molecule has 0 bridgehead atoms. The van der Waals surface area contributed by atoms with Gasteiger partial charge in [-0.1, -0.05) is 6.07 Å². The fraction of sp³-hybridized carbons (Fsp3) is 0.412. The van der Waals surface area contributed by atoms with Crippen LogP contribution >= 0.6 is 24.0 Å². The van der Waals surface area contributed by atoms with Crippen LogP contribution in [0.4, 0.5) is 4.39 Å². The number of oxazole rings is 1. The van der Waals surface area contributed by atoms with Crippen molar-refractivity contribution in [1.82, 2.24) is 15.6 Å². The standard InChI is InChI=1S/C17H23FN4O2.HI/c1-11(23-15-7-5-6-14(18)8-15)9-20-17(19-4)21-10-16-22-12(2)13(3)24-16;/h5-8,11H,9-10H2,1-4H3,(H2,19,20,21);1H. The molecule has 1 unspecified atom stereocenters. The first-order chi connectivity index (χ1) is 11.5. The normalized spacial score (nSPS) is 12.3. The predicted molar refractivity (Wildman–Crippen MR) is 106 cm³/mol. The van der Waals surface area contributed by atoms with E-state index in [-0.39, 0.29) is 35.9 Å². The van der Waals surface area contributed by atoms with Gasteiger partial charge >= 0.3 is 0 Å². The molecule has 138 valence electrons. The van der Waals surface area contributed by atoms with Crippen molar-refractivity contribution in [2.75, 3.05) is 13.6 Å². The van der Waals surface area contributed by atoms with Crippen molar-refractivity contribution in [3.8, 4) is 5.75 Å². The van der Waals surface area contributed by atoms with E-state index in [1.165, 1.54) is 12.1 Å². The van der Waals surface area contributed by atoms with Crippen molar-refractivity contribution in [2.45, 2.75) is 33.4 Å². The van der Waals surface area contributed by atoms with E-state index >= 15 is 0 Å². The van der Waals surface area contributed by atoms with Gasteiger partial charge in [-0.15, -0.1) is 24.0 Å². The molecule has 0 spiro atoms. The number of nitrogens with one attached hydrogen (secondary N) is 2. The summed E-state index contributed by atoms with van der Waals surface area (Å²) in [7, 11) is 1.68. The molecule has 1 aromatic heterocycles. The summed E-state index contributed by atoms with van der Waals surface area (Å²) in [4.78, 5) is 8.44. The zero-order valence-corrected chi connectivity index (χ0v) is 17.1. The summed E-state index contributed by atoms with van der Waals surface area (Å²) in [6.07, 6.45) is -0.156. The fourth-order valence-corrected chi connectivity index (χ4v) is 2.05. The smallest absolute Gasteiger partial charge is 0.214 e. The van der Waals surface area contributed by atoms with Gasteiger partial charge < -0.3 is 19.8 Å². The van der Waals surface area contributed by atoms with Crippen LogP contribution in [0.3, 0.4) is 0 Å². The summed E-state index contributed by atoms with van der Waals surface area (Å²) in [5.41, 5.74) is 0.881. The summed E-state index contributed by atoms with van der Waals surface area (Å²) in [6, 6.07) is 6.08. The average Bonchev–Trinajstić information content (AvgIpc) is 2.86. The van der Waals surface area contributed by atoms with Gasteiger partial charge in [0.15, 0.2) is 5.96 Å². The molecule has 1 heterocycles. The van der Waals surface area contributed by atoms with Crippen LogP contribution in [0.15, 0.2) is 33.7 Å². The zero-order chi connectivity index (χ0) is 17.5. The zero-order valence-electron chi connectivity index (χ0n) is 14.8. The highest BCUT2D eigenvalue weighted by atomic mass is 127. The minimum absolute atomic E-state index is 0. The second kappa shape index (κ2) is 10.2. The molecule has 2 rings (SSSR count). The van der Waals surface area contributed by atoms with Crippen LogP contribution in [0, 0.1) is 19.7 Å². The summed E-state index contributed by atoms with van der Waals surface area (Å²) in [5, 5.41) is 6.27. The highest BCUT2D eigenvalue weighted by Gasteiger charge is 2.09. The molecule has 0 fully saturated rings. The van der Waals surface area contributed by atoms with Crippen molar-refractivity contribution < 1.29 is 13.5 Å². The van der Waals surface area contributed by atoms with Crippen LogP contribution < -0.4 is 15.4 Å². The molecule has 2 N–H and O–H groups in total. The van der Waals surface area contributed by atoms with Gasteiger partial charge in [-0.3, -0.25) is 4.99 Å². The summed E-state index contributed by atoms with van der Waals surface area (Å²) in [6.45, 7) is 6.63. The second-order valence-electron chi connectivity index (χ2n) is 5.44. The first-order valence-electron chi connectivity index (χ1n) is 7.77. The van der Waals surface area contributed by atoms with Crippen LogP contribution in [-0.4, -0.2) is 30.6 Å². The quantitative estimate of drug-likeness (QED) is 0.392. The summed E-state index contributed by atoms with van der Waals surface area (Å²) >= 11 is 0. The molecule has 0 saturated heterocycles. The number of guanidine groups is 1. The summed E-state index contributed by atoms with van der Waals surface area (Å²) in [5.74, 6) is 2.21. The number of halogens is 2. The van der Waals surface area contributed by atoms with Gasteiger partial charge in [0.1, 0.15) is 23.4 Å². The van der Waals surface area contributed by atoms with Crippen LogP contribution in [0.5, 0.6) is 5.75 Å². The lowest BCUT2D eigenvalue weighted by molar-refractivity contribution is 0.223. The lowest BCUT2D eigenvalue weighted by atomic mass is 10.3. The largest absolute Gasteiger partial charge is 0.489 e. The third-order valence-corrected chi connectivity index (χ3v) is 3.39. The number of aryl methyl sites for hydroxylation is 2. The monoisotopic (exact) mass is 462 g/mol. The molecule has 0 aliphatic heterocycles.